The van der Waals surface area contributed by atoms with Crippen LogP contribution < -0.4 is 0 Å². The summed E-state index contributed by atoms with van der Waals surface area (Å²) in [5.74, 6) is -0.414. The third-order valence-corrected chi connectivity index (χ3v) is 4.44. The average Bonchev–Trinajstić information content (AvgIpc) is 3.07. The Kier molecular flexibility index (Phi) is 5.38. The van der Waals surface area contributed by atoms with E-state index in [0.29, 0.717) is 23.6 Å². The Hall–Kier alpha value is -2.66. The van der Waals surface area contributed by atoms with Gasteiger partial charge in [-0.1, -0.05) is 30.7 Å². The number of halogens is 2. The Morgan fingerprint density at radius 2 is 1.81 bits per heavy atom. The van der Waals surface area contributed by atoms with Gasteiger partial charge in [-0.15, -0.1) is 0 Å². The molecule has 1 amide bonds. The van der Waals surface area contributed by atoms with E-state index in [2.05, 4.69) is 5.10 Å². The summed E-state index contributed by atoms with van der Waals surface area (Å²) in [5, 5.41) is 5.00. The number of carbonyl (C=O) groups is 1. The molecule has 1 heterocycles. The fourth-order valence-electron chi connectivity index (χ4n) is 2.84. The molecule has 0 fully saturated rings. The lowest BCUT2D eigenvalue weighted by Gasteiger charge is -2.17. The molecule has 3 rings (SSSR count). The van der Waals surface area contributed by atoms with Crippen molar-refractivity contribution in [3.05, 3.63) is 82.4 Å². The van der Waals surface area contributed by atoms with E-state index in [1.165, 1.54) is 12.1 Å². The first-order valence-corrected chi connectivity index (χ1v) is 8.70. The maximum atomic E-state index is 13.2. The Balaban J connectivity index is 1.85. The van der Waals surface area contributed by atoms with Gasteiger partial charge in [0.2, 0.25) is 0 Å². The topological polar surface area (TPSA) is 38.1 Å². The van der Waals surface area contributed by atoms with Crippen LogP contribution in [0.2, 0.25) is 5.02 Å². The first kappa shape index (κ1) is 18.1. The molecule has 4 nitrogen and oxygen atoms in total. The van der Waals surface area contributed by atoms with Crippen molar-refractivity contribution >= 4 is 17.5 Å². The van der Waals surface area contributed by atoms with Crippen LogP contribution in [0.25, 0.3) is 5.69 Å². The molecule has 0 saturated heterocycles. The zero-order chi connectivity index (χ0) is 18.7. The van der Waals surface area contributed by atoms with Crippen molar-refractivity contribution in [1.29, 1.82) is 0 Å². The molecule has 0 unspecified atom stereocenters. The highest BCUT2D eigenvalue weighted by Crippen LogP contribution is 2.19. The van der Waals surface area contributed by atoms with Gasteiger partial charge in [-0.3, -0.25) is 4.79 Å². The second kappa shape index (κ2) is 7.70. The van der Waals surface area contributed by atoms with Crippen LogP contribution in [0, 0.1) is 5.82 Å². The third-order valence-electron chi connectivity index (χ3n) is 4.19. The Bertz CT molecular complexity index is 904. The van der Waals surface area contributed by atoms with E-state index in [1.54, 1.807) is 47.1 Å². The van der Waals surface area contributed by atoms with Crippen molar-refractivity contribution < 1.29 is 9.18 Å². The molecule has 0 radical (unpaired) electrons. The maximum Gasteiger partial charge on any atom is 0.257 e. The normalized spacial score (nSPS) is 10.8. The zero-order valence-electron chi connectivity index (χ0n) is 14.6. The fourth-order valence-corrected chi connectivity index (χ4v) is 2.96. The second-order valence-electron chi connectivity index (χ2n) is 6.03. The van der Waals surface area contributed by atoms with E-state index in [0.717, 1.165) is 16.9 Å². The van der Waals surface area contributed by atoms with Gasteiger partial charge < -0.3 is 4.90 Å². The summed E-state index contributed by atoms with van der Waals surface area (Å²) in [6, 6.07) is 13.5. The molecule has 0 aliphatic heterocycles. The molecule has 0 atom stereocenters. The largest absolute Gasteiger partial charge is 0.337 e. The van der Waals surface area contributed by atoms with Gasteiger partial charge in [-0.25, -0.2) is 9.07 Å². The average molecular weight is 372 g/mol. The maximum absolute atomic E-state index is 13.2. The van der Waals surface area contributed by atoms with E-state index in [4.69, 9.17) is 11.6 Å². The summed E-state index contributed by atoms with van der Waals surface area (Å²) >= 11 is 5.90. The first-order valence-electron chi connectivity index (χ1n) is 8.32. The molecule has 0 spiro atoms. The van der Waals surface area contributed by atoms with Crippen molar-refractivity contribution in [1.82, 2.24) is 14.7 Å². The monoisotopic (exact) mass is 371 g/mol. The lowest BCUT2D eigenvalue weighted by Crippen LogP contribution is -2.27. The molecule has 134 valence electrons. The number of hydrogen-bond acceptors (Lipinski definition) is 2. The summed E-state index contributed by atoms with van der Waals surface area (Å²) in [6.07, 6.45) is 2.20. The van der Waals surface area contributed by atoms with Crippen LogP contribution in [-0.4, -0.2) is 27.6 Å². The Labute approximate surface area is 156 Å². The van der Waals surface area contributed by atoms with Gasteiger partial charge in [-0.2, -0.15) is 5.10 Å². The standard InChI is InChI=1S/C20H19ClFN3O/c1-3-19-18(12-23-25(19)17-10-8-16(22)9-11-17)20(26)24(2)13-14-4-6-15(21)7-5-14/h4-12H,3,13H2,1-2H3. The van der Waals surface area contributed by atoms with Gasteiger partial charge in [-0.05, 0) is 48.4 Å². The minimum atomic E-state index is -0.307. The molecule has 0 saturated carbocycles. The van der Waals surface area contributed by atoms with Gasteiger partial charge in [0.15, 0.2) is 0 Å². The number of hydrogen-bond donors (Lipinski definition) is 0. The van der Waals surface area contributed by atoms with E-state index in [-0.39, 0.29) is 11.7 Å². The van der Waals surface area contributed by atoms with Gasteiger partial charge in [0.1, 0.15) is 5.82 Å². The summed E-state index contributed by atoms with van der Waals surface area (Å²) in [7, 11) is 1.76. The van der Waals surface area contributed by atoms with Crippen LogP contribution in [0.5, 0.6) is 0 Å². The number of carbonyl (C=O) groups excluding carboxylic acids is 1. The number of benzene rings is 2. The number of rotatable bonds is 5. The molecule has 0 bridgehead atoms. The molecule has 0 aliphatic carbocycles. The van der Waals surface area contributed by atoms with Crippen molar-refractivity contribution in [2.24, 2.45) is 0 Å². The van der Waals surface area contributed by atoms with E-state index >= 15 is 0 Å². The highest BCUT2D eigenvalue weighted by atomic mass is 35.5. The molecule has 26 heavy (non-hydrogen) atoms. The Morgan fingerprint density at radius 3 is 2.42 bits per heavy atom. The van der Waals surface area contributed by atoms with Crippen LogP contribution in [0.3, 0.4) is 0 Å². The van der Waals surface area contributed by atoms with E-state index in [9.17, 15) is 9.18 Å². The van der Waals surface area contributed by atoms with Crippen LogP contribution in [0.4, 0.5) is 4.39 Å². The summed E-state index contributed by atoms with van der Waals surface area (Å²) in [4.78, 5) is 14.5. The quantitative estimate of drug-likeness (QED) is 0.662. The molecule has 3 aromatic rings. The number of aromatic nitrogens is 2. The third kappa shape index (κ3) is 3.78. The molecule has 0 N–H and O–H groups in total. The molecular weight excluding hydrogens is 353 g/mol. The molecule has 6 heteroatoms. The second-order valence-corrected chi connectivity index (χ2v) is 6.47. The van der Waals surface area contributed by atoms with Crippen LogP contribution in [0.1, 0.15) is 28.5 Å². The highest BCUT2D eigenvalue weighted by Gasteiger charge is 2.20. The first-order chi connectivity index (χ1) is 12.5. The van der Waals surface area contributed by atoms with Gasteiger partial charge in [0.25, 0.3) is 5.91 Å². The minimum Gasteiger partial charge on any atom is -0.337 e. The highest BCUT2D eigenvalue weighted by molar-refractivity contribution is 6.30. The SMILES string of the molecule is CCc1c(C(=O)N(C)Cc2ccc(Cl)cc2)cnn1-c1ccc(F)cc1. The smallest absolute Gasteiger partial charge is 0.257 e. The van der Waals surface area contributed by atoms with E-state index < -0.39 is 0 Å². The minimum absolute atomic E-state index is 0.106. The van der Waals surface area contributed by atoms with Crippen molar-refractivity contribution in [3.63, 3.8) is 0 Å². The van der Waals surface area contributed by atoms with Gasteiger partial charge in [0.05, 0.1) is 23.1 Å². The fraction of sp³-hybridized carbons (Fsp3) is 0.200. The summed E-state index contributed by atoms with van der Waals surface area (Å²) in [5.41, 5.74) is 3.06. The Morgan fingerprint density at radius 1 is 1.15 bits per heavy atom. The van der Waals surface area contributed by atoms with Crippen LogP contribution >= 0.6 is 11.6 Å². The molecule has 1 aromatic heterocycles. The zero-order valence-corrected chi connectivity index (χ0v) is 15.4. The van der Waals surface area contributed by atoms with E-state index in [1.807, 2.05) is 19.1 Å². The molecule has 2 aromatic carbocycles. The van der Waals surface area contributed by atoms with Gasteiger partial charge >= 0.3 is 0 Å². The molecular formula is C20H19ClFN3O. The van der Waals surface area contributed by atoms with Crippen molar-refractivity contribution in [2.45, 2.75) is 19.9 Å². The predicted octanol–water partition coefficient (Wildman–Crippen LogP) is 4.50. The summed E-state index contributed by atoms with van der Waals surface area (Å²) < 4.78 is 14.8. The number of nitrogens with zero attached hydrogens (tertiary/aromatic N) is 3. The lowest BCUT2D eigenvalue weighted by atomic mass is 10.1. The predicted molar refractivity (Wildman–Crippen MR) is 100 cm³/mol. The van der Waals surface area contributed by atoms with Crippen molar-refractivity contribution in [3.8, 4) is 5.69 Å². The van der Waals surface area contributed by atoms with Crippen LogP contribution in [0.15, 0.2) is 54.7 Å². The lowest BCUT2D eigenvalue weighted by molar-refractivity contribution is 0.0784. The van der Waals surface area contributed by atoms with Crippen LogP contribution in [-0.2, 0) is 13.0 Å². The van der Waals surface area contributed by atoms with Gasteiger partial charge in [0, 0.05) is 18.6 Å². The number of amides is 1. The van der Waals surface area contributed by atoms with Crippen molar-refractivity contribution in [2.75, 3.05) is 7.05 Å². The summed E-state index contributed by atoms with van der Waals surface area (Å²) in [6.45, 7) is 2.44. The molecule has 0 aliphatic rings.